The Kier molecular flexibility index (Phi) is 4.99. The number of hydrogen-bond acceptors (Lipinski definition) is 2. The van der Waals surface area contributed by atoms with E-state index in [1.54, 1.807) is 19.2 Å². The summed E-state index contributed by atoms with van der Waals surface area (Å²) in [5.41, 5.74) is 1.92. The lowest BCUT2D eigenvalue weighted by molar-refractivity contribution is 0.127. The maximum absolute atomic E-state index is 13.8. The van der Waals surface area contributed by atoms with Crippen LogP contribution in [-0.4, -0.2) is 35.5 Å². The molecule has 3 atom stereocenters. The minimum atomic E-state index is -0.993. The maximum Gasteiger partial charge on any atom is 0.122 e. The number of aliphatic hydroxyl groups is 1. The van der Waals surface area contributed by atoms with E-state index >= 15 is 0 Å². The van der Waals surface area contributed by atoms with Gasteiger partial charge in [-0.25, -0.2) is 4.39 Å². The lowest BCUT2D eigenvalue weighted by atomic mass is 9.92. The fourth-order valence-electron chi connectivity index (χ4n) is 3.21. The van der Waals surface area contributed by atoms with Gasteiger partial charge in [0.05, 0.1) is 12.1 Å². The van der Waals surface area contributed by atoms with Gasteiger partial charge in [0.2, 0.25) is 0 Å². The first kappa shape index (κ1) is 16.4. The van der Waals surface area contributed by atoms with Gasteiger partial charge in [-0.15, -0.1) is 0 Å². The van der Waals surface area contributed by atoms with E-state index < -0.39 is 12.3 Å². The Morgan fingerprint density at radius 1 is 1.43 bits per heavy atom. The van der Waals surface area contributed by atoms with Crippen LogP contribution in [0.5, 0.6) is 0 Å². The summed E-state index contributed by atoms with van der Waals surface area (Å²) < 4.78 is 16.9. The molecule has 0 saturated heterocycles. The van der Waals surface area contributed by atoms with Crippen molar-refractivity contribution in [3.8, 4) is 0 Å². The summed E-state index contributed by atoms with van der Waals surface area (Å²) in [6, 6.07) is 7.71. The molecule has 2 N–H and O–H groups in total. The zero-order valence-corrected chi connectivity index (χ0v) is 14.5. The molecule has 122 valence electrons. The maximum atomic E-state index is 13.8. The van der Waals surface area contributed by atoms with Crippen LogP contribution in [0.1, 0.15) is 12.5 Å². The van der Waals surface area contributed by atoms with Crippen LogP contribution >= 0.6 is 15.9 Å². The fourth-order valence-corrected chi connectivity index (χ4v) is 3.69. The number of halogens is 2. The monoisotopic (exact) mass is 378 g/mol. The summed E-state index contributed by atoms with van der Waals surface area (Å²) in [5.74, 6) is 0. The lowest BCUT2D eigenvalue weighted by Gasteiger charge is -2.29. The molecule has 0 amide bonds. The van der Waals surface area contributed by atoms with Crippen molar-refractivity contribution in [3.63, 3.8) is 0 Å². The molecule has 0 radical (unpaired) electrons. The fraction of sp³-hybridized carbons (Fsp3) is 0.333. The molecule has 2 unspecified atom stereocenters. The van der Waals surface area contributed by atoms with Gasteiger partial charge in [-0.1, -0.05) is 40.2 Å². The number of nitrogens with one attached hydrogen (secondary N) is 1. The number of hydrogen-bond donors (Lipinski definition) is 2. The number of benzene rings is 1. The van der Waals surface area contributed by atoms with Gasteiger partial charge in [0.25, 0.3) is 0 Å². The molecule has 3 nitrogen and oxygen atoms in total. The number of aliphatic hydroxyl groups excluding tert-OH is 1. The molecule has 1 aromatic heterocycles. The third kappa shape index (κ3) is 3.27. The van der Waals surface area contributed by atoms with E-state index in [1.165, 1.54) is 0 Å². The van der Waals surface area contributed by atoms with Crippen LogP contribution in [0.15, 0.2) is 58.7 Å². The average Bonchev–Trinajstić information content (AvgIpc) is 2.93. The SMILES string of the molecule is CNCC(O)[C@H](C1=CC=CC(F)C1)n1ccc2c(Br)cccc21. The first-order valence-electron chi connectivity index (χ1n) is 7.71. The number of rotatable bonds is 5. The van der Waals surface area contributed by atoms with Gasteiger partial charge in [0.15, 0.2) is 0 Å². The van der Waals surface area contributed by atoms with Gasteiger partial charge < -0.3 is 15.0 Å². The highest BCUT2D eigenvalue weighted by atomic mass is 79.9. The zero-order chi connectivity index (χ0) is 16.4. The van der Waals surface area contributed by atoms with Crippen molar-refractivity contribution >= 4 is 26.8 Å². The van der Waals surface area contributed by atoms with E-state index in [1.807, 2.05) is 41.1 Å². The molecule has 0 spiro atoms. The molecule has 1 heterocycles. The molecule has 23 heavy (non-hydrogen) atoms. The standard InChI is InChI=1S/C18H20BrFN2O/c1-21-11-17(23)18(12-4-2-5-13(20)10-12)22-9-8-14-15(19)6-3-7-16(14)22/h2-9,13,17-18,21,23H,10-11H2,1H3/t13?,17?,18-/m0/s1. The smallest absolute Gasteiger partial charge is 0.122 e. The Hall–Kier alpha value is -1.43. The number of alkyl halides is 1. The van der Waals surface area contributed by atoms with E-state index in [9.17, 15) is 9.50 Å². The quantitative estimate of drug-likeness (QED) is 0.831. The Morgan fingerprint density at radius 3 is 3.00 bits per heavy atom. The third-order valence-electron chi connectivity index (χ3n) is 4.23. The minimum Gasteiger partial charge on any atom is -0.389 e. The van der Waals surface area contributed by atoms with E-state index in [-0.39, 0.29) is 6.04 Å². The van der Waals surface area contributed by atoms with Gasteiger partial charge in [-0.2, -0.15) is 0 Å². The van der Waals surface area contributed by atoms with Crippen molar-refractivity contribution in [1.82, 2.24) is 9.88 Å². The number of allylic oxidation sites excluding steroid dienone is 3. The van der Waals surface area contributed by atoms with Crippen molar-refractivity contribution in [1.29, 1.82) is 0 Å². The Morgan fingerprint density at radius 2 is 2.26 bits per heavy atom. The van der Waals surface area contributed by atoms with Crippen molar-refractivity contribution < 1.29 is 9.50 Å². The van der Waals surface area contributed by atoms with Crippen LogP contribution < -0.4 is 5.32 Å². The number of fused-ring (bicyclic) bond motifs is 1. The lowest BCUT2D eigenvalue weighted by Crippen LogP contribution is -2.34. The predicted octanol–water partition coefficient (Wildman–Crippen LogP) is 3.75. The summed E-state index contributed by atoms with van der Waals surface area (Å²) in [6.45, 7) is 0.441. The van der Waals surface area contributed by atoms with Gasteiger partial charge >= 0.3 is 0 Å². The van der Waals surface area contributed by atoms with Crippen molar-refractivity contribution in [2.75, 3.05) is 13.6 Å². The average molecular weight is 379 g/mol. The summed E-state index contributed by atoms with van der Waals surface area (Å²) in [5, 5.41) is 14.8. The van der Waals surface area contributed by atoms with Gasteiger partial charge in [-0.3, -0.25) is 0 Å². The van der Waals surface area contributed by atoms with E-state index in [0.717, 1.165) is 20.9 Å². The second-order valence-electron chi connectivity index (χ2n) is 5.81. The molecule has 2 aromatic rings. The van der Waals surface area contributed by atoms with Crippen molar-refractivity contribution in [2.24, 2.45) is 0 Å². The second-order valence-corrected chi connectivity index (χ2v) is 6.67. The highest BCUT2D eigenvalue weighted by Gasteiger charge is 2.28. The normalized spacial score (nSPS) is 20.5. The molecule has 0 saturated carbocycles. The van der Waals surface area contributed by atoms with Crippen LogP contribution in [0.25, 0.3) is 10.9 Å². The van der Waals surface area contributed by atoms with E-state index in [4.69, 9.17) is 0 Å². The summed E-state index contributed by atoms with van der Waals surface area (Å²) in [6.07, 6.45) is 5.86. The Labute approximate surface area is 143 Å². The molecule has 1 aromatic carbocycles. The summed E-state index contributed by atoms with van der Waals surface area (Å²) in [4.78, 5) is 0. The van der Waals surface area contributed by atoms with E-state index in [2.05, 4.69) is 21.2 Å². The van der Waals surface area contributed by atoms with Crippen molar-refractivity contribution in [2.45, 2.75) is 24.7 Å². The molecular weight excluding hydrogens is 359 g/mol. The van der Waals surface area contributed by atoms with Crippen LogP contribution in [-0.2, 0) is 0 Å². The first-order valence-corrected chi connectivity index (χ1v) is 8.50. The zero-order valence-electron chi connectivity index (χ0n) is 12.9. The minimum absolute atomic E-state index is 0.294. The molecule has 0 bridgehead atoms. The van der Waals surface area contributed by atoms with Crippen LogP contribution in [0.3, 0.4) is 0 Å². The van der Waals surface area contributed by atoms with E-state index in [0.29, 0.717) is 13.0 Å². The Bertz CT molecular complexity index is 753. The molecule has 0 fully saturated rings. The predicted molar refractivity (Wildman–Crippen MR) is 95.3 cm³/mol. The summed E-state index contributed by atoms with van der Waals surface area (Å²) >= 11 is 3.56. The number of likely N-dealkylation sites (N-methyl/N-ethyl adjacent to an activating group) is 1. The van der Waals surface area contributed by atoms with Crippen LogP contribution in [0.2, 0.25) is 0 Å². The van der Waals surface area contributed by atoms with Crippen molar-refractivity contribution in [3.05, 3.63) is 58.7 Å². The van der Waals surface area contributed by atoms with Crippen LogP contribution in [0.4, 0.5) is 4.39 Å². The highest BCUT2D eigenvalue weighted by Crippen LogP contribution is 2.34. The second kappa shape index (κ2) is 6.99. The molecule has 1 aliphatic carbocycles. The molecule has 1 aliphatic rings. The molecule has 5 heteroatoms. The highest BCUT2D eigenvalue weighted by molar-refractivity contribution is 9.10. The first-order chi connectivity index (χ1) is 11.1. The number of nitrogens with zero attached hydrogens (tertiary/aromatic N) is 1. The molecule has 3 rings (SSSR count). The van der Waals surface area contributed by atoms with Gasteiger partial charge in [-0.05, 0) is 30.8 Å². The number of aromatic nitrogens is 1. The van der Waals surface area contributed by atoms with Gasteiger partial charge in [0.1, 0.15) is 6.17 Å². The Balaban J connectivity index is 2.09. The largest absolute Gasteiger partial charge is 0.389 e. The van der Waals surface area contributed by atoms with Crippen LogP contribution in [0, 0.1) is 0 Å². The molecule has 0 aliphatic heterocycles. The summed E-state index contributed by atoms with van der Waals surface area (Å²) in [7, 11) is 1.80. The third-order valence-corrected chi connectivity index (χ3v) is 4.92. The topological polar surface area (TPSA) is 37.2 Å². The van der Waals surface area contributed by atoms with Gasteiger partial charge in [0, 0.05) is 34.5 Å². The molecular formula is C18H20BrFN2O.